The average molecular weight is 167 g/mol. The quantitative estimate of drug-likeness (QED) is 0.377. The zero-order valence-electron chi connectivity index (χ0n) is 6.43. The Balaban J connectivity index is 0.000000200. The third kappa shape index (κ3) is 3.62. The Morgan fingerprint density at radius 3 is 2.42 bits per heavy atom. The average Bonchev–Trinajstić information content (AvgIpc) is 2.92. The smallest absolute Gasteiger partial charge is 0.358 e. The molecule has 0 amide bonds. The van der Waals surface area contributed by atoms with Crippen molar-refractivity contribution in [2.45, 2.75) is 0 Å². The molecule has 0 unspecified atom stereocenters. The van der Waals surface area contributed by atoms with Gasteiger partial charge in [-0.1, -0.05) is 6.07 Å². The normalized spacial score (nSPS) is 12.7. The van der Waals surface area contributed by atoms with Crippen LogP contribution < -0.4 is 5.32 Å². The Bertz CT molecular complexity index is 245. The van der Waals surface area contributed by atoms with E-state index in [0.717, 1.165) is 0 Å². The van der Waals surface area contributed by atoms with Gasteiger partial charge < -0.3 is 15.4 Å². The van der Waals surface area contributed by atoms with E-state index in [1.54, 1.807) is 12.1 Å². The van der Waals surface area contributed by atoms with E-state index in [0.29, 0.717) is 0 Å². The summed E-state index contributed by atoms with van der Waals surface area (Å²) >= 11 is 0. The largest absolute Gasteiger partial charge is 0.363 e. The minimum atomic E-state index is -0.528. The highest BCUT2D eigenvalue weighted by Gasteiger charge is 2.00. The van der Waals surface area contributed by atoms with Crippen LogP contribution in [0.3, 0.4) is 0 Å². The molecule has 64 valence electrons. The monoisotopic (exact) mass is 167 g/mol. The summed E-state index contributed by atoms with van der Waals surface area (Å²) in [6, 6.07) is 4.55. The lowest BCUT2D eigenvalue weighted by molar-refractivity contribution is -0.389. The van der Waals surface area contributed by atoms with Crippen molar-refractivity contribution in [3.05, 3.63) is 34.5 Å². The van der Waals surface area contributed by atoms with E-state index in [9.17, 15) is 10.1 Å². The van der Waals surface area contributed by atoms with Crippen LogP contribution in [0.2, 0.25) is 0 Å². The van der Waals surface area contributed by atoms with Gasteiger partial charge in [0.15, 0.2) is 0 Å². The van der Waals surface area contributed by atoms with Gasteiger partial charge in [-0.2, -0.15) is 0 Å². The van der Waals surface area contributed by atoms with Crippen LogP contribution in [0, 0.1) is 10.1 Å². The van der Waals surface area contributed by atoms with Crippen LogP contribution in [-0.2, 0) is 0 Å². The molecule has 5 heteroatoms. The highest BCUT2D eigenvalue weighted by molar-refractivity contribution is 5.16. The fourth-order valence-electron chi connectivity index (χ4n) is 0.462. The SMILES string of the molecule is C1CN1.O=[N+]([O-])c1ccccn1. The number of aromatic nitrogens is 1. The molecule has 1 aliphatic rings. The van der Waals surface area contributed by atoms with Crippen molar-refractivity contribution in [3.63, 3.8) is 0 Å². The van der Waals surface area contributed by atoms with Crippen molar-refractivity contribution in [1.29, 1.82) is 0 Å². The summed E-state index contributed by atoms with van der Waals surface area (Å²) in [6.45, 7) is 2.50. The van der Waals surface area contributed by atoms with Gasteiger partial charge in [0.1, 0.15) is 6.20 Å². The van der Waals surface area contributed by atoms with E-state index in [2.05, 4.69) is 10.3 Å². The van der Waals surface area contributed by atoms with Crippen molar-refractivity contribution in [3.8, 4) is 0 Å². The lowest BCUT2D eigenvalue weighted by Gasteiger charge is -1.86. The van der Waals surface area contributed by atoms with Crippen molar-refractivity contribution in [1.82, 2.24) is 10.3 Å². The lowest BCUT2D eigenvalue weighted by atomic mass is 10.5. The van der Waals surface area contributed by atoms with E-state index in [1.165, 1.54) is 25.4 Å². The van der Waals surface area contributed by atoms with E-state index in [-0.39, 0.29) is 5.82 Å². The summed E-state index contributed by atoms with van der Waals surface area (Å²) in [5, 5.41) is 12.9. The van der Waals surface area contributed by atoms with Gasteiger partial charge in [0.2, 0.25) is 0 Å². The van der Waals surface area contributed by atoms with Crippen LogP contribution in [0.5, 0.6) is 0 Å². The molecule has 0 spiro atoms. The standard InChI is InChI=1S/C5H4N2O2.C2H5N/c8-7(9)5-3-1-2-4-6-5;1-2-3-1/h1-4H;3H,1-2H2. The Morgan fingerprint density at radius 1 is 1.50 bits per heavy atom. The van der Waals surface area contributed by atoms with E-state index in [1.807, 2.05) is 0 Å². The van der Waals surface area contributed by atoms with Crippen LogP contribution in [0.25, 0.3) is 0 Å². The molecule has 1 aliphatic heterocycles. The molecule has 0 saturated carbocycles. The molecular weight excluding hydrogens is 158 g/mol. The molecule has 5 nitrogen and oxygen atoms in total. The molecular formula is C7H9N3O2. The number of nitro groups is 1. The van der Waals surface area contributed by atoms with Gasteiger partial charge in [0.25, 0.3) is 0 Å². The molecule has 2 heterocycles. The van der Waals surface area contributed by atoms with Gasteiger partial charge in [-0.05, 0) is 16.0 Å². The van der Waals surface area contributed by atoms with Gasteiger partial charge in [0.05, 0.1) is 0 Å². The fourth-order valence-corrected chi connectivity index (χ4v) is 0.462. The first-order valence-electron chi connectivity index (χ1n) is 3.57. The Labute approximate surface area is 69.6 Å². The highest BCUT2D eigenvalue weighted by atomic mass is 16.6. The Hall–Kier alpha value is -1.49. The first kappa shape index (κ1) is 8.61. The van der Waals surface area contributed by atoms with E-state index >= 15 is 0 Å². The third-order valence-electron chi connectivity index (χ3n) is 1.09. The number of hydrogen-bond donors (Lipinski definition) is 1. The van der Waals surface area contributed by atoms with Crippen molar-refractivity contribution in [2.75, 3.05) is 13.1 Å². The molecule has 2 rings (SSSR count). The zero-order valence-corrected chi connectivity index (χ0v) is 6.43. The summed E-state index contributed by atoms with van der Waals surface area (Å²) in [7, 11) is 0. The molecule has 12 heavy (non-hydrogen) atoms. The van der Waals surface area contributed by atoms with Crippen LogP contribution in [0.4, 0.5) is 5.82 Å². The second-order valence-electron chi connectivity index (χ2n) is 2.20. The minimum Gasteiger partial charge on any atom is -0.358 e. The third-order valence-corrected chi connectivity index (χ3v) is 1.09. The molecule has 1 fully saturated rings. The molecule has 0 atom stereocenters. The maximum Gasteiger partial charge on any atom is 0.363 e. The summed E-state index contributed by atoms with van der Waals surface area (Å²) in [5.74, 6) is -0.113. The van der Waals surface area contributed by atoms with E-state index in [4.69, 9.17) is 0 Å². The number of pyridine rings is 1. The first-order valence-corrected chi connectivity index (χ1v) is 3.57. The van der Waals surface area contributed by atoms with Crippen LogP contribution in [0.15, 0.2) is 24.4 Å². The number of nitrogens with zero attached hydrogens (tertiary/aromatic N) is 2. The van der Waals surface area contributed by atoms with Crippen molar-refractivity contribution in [2.24, 2.45) is 0 Å². The second kappa shape index (κ2) is 4.40. The molecule has 1 N–H and O–H groups in total. The summed E-state index contributed by atoms with van der Waals surface area (Å²) < 4.78 is 0. The highest BCUT2D eigenvalue weighted by Crippen LogP contribution is 2.01. The van der Waals surface area contributed by atoms with E-state index < -0.39 is 4.92 Å². The Morgan fingerprint density at radius 2 is 2.17 bits per heavy atom. The molecule has 0 aromatic carbocycles. The molecule has 0 aliphatic carbocycles. The number of nitrogens with one attached hydrogen (secondary N) is 1. The van der Waals surface area contributed by atoms with Crippen LogP contribution in [-0.4, -0.2) is 23.0 Å². The minimum absolute atomic E-state index is 0.113. The summed E-state index contributed by atoms with van der Waals surface area (Å²) in [5.41, 5.74) is 0. The molecule has 1 aromatic heterocycles. The van der Waals surface area contributed by atoms with Crippen LogP contribution >= 0.6 is 0 Å². The molecule has 0 bridgehead atoms. The second-order valence-corrected chi connectivity index (χ2v) is 2.20. The maximum absolute atomic E-state index is 9.94. The predicted octanol–water partition coefficient (Wildman–Crippen LogP) is 0.579. The lowest BCUT2D eigenvalue weighted by Crippen LogP contribution is -1.88. The maximum atomic E-state index is 9.94. The zero-order chi connectivity index (χ0) is 8.81. The fraction of sp³-hybridized carbons (Fsp3) is 0.286. The first-order chi connectivity index (χ1) is 5.80. The van der Waals surface area contributed by atoms with Crippen molar-refractivity contribution < 1.29 is 4.92 Å². The van der Waals surface area contributed by atoms with Crippen LogP contribution in [0.1, 0.15) is 0 Å². The number of rotatable bonds is 1. The summed E-state index contributed by atoms with van der Waals surface area (Å²) in [4.78, 5) is 12.9. The van der Waals surface area contributed by atoms with Crippen molar-refractivity contribution >= 4 is 5.82 Å². The Kier molecular flexibility index (Phi) is 3.16. The summed E-state index contributed by atoms with van der Waals surface area (Å²) in [6.07, 6.45) is 1.39. The van der Waals surface area contributed by atoms with Gasteiger partial charge >= 0.3 is 5.82 Å². The molecule has 1 aromatic rings. The topological polar surface area (TPSA) is 78.0 Å². The van der Waals surface area contributed by atoms with Gasteiger partial charge in [-0.15, -0.1) is 0 Å². The van der Waals surface area contributed by atoms with Gasteiger partial charge in [-0.25, -0.2) is 0 Å². The number of hydrogen-bond acceptors (Lipinski definition) is 4. The van der Waals surface area contributed by atoms with Gasteiger partial charge in [-0.3, -0.25) is 0 Å². The van der Waals surface area contributed by atoms with Gasteiger partial charge in [0, 0.05) is 19.2 Å². The molecule has 1 saturated heterocycles. The molecule has 0 radical (unpaired) electrons. The predicted molar refractivity (Wildman–Crippen MR) is 43.8 cm³/mol.